The number of hydrogen-bond acceptors (Lipinski definition) is 4. The highest BCUT2D eigenvalue weighted by Crippen LogP contribution is 2.08. The zero-order valence-corrected chi connectivity index (χ0v) is 13.0. The van der Waals surface area contributed by atoms with Crippen LogP contribution in [-0.2, 0) is 9.47 Å². The Hall–Kier alpha value is -1.10. The molecule has 0 bridgehead atoms. The molecule has 0 saturated carbocycles. The van der Waals surface area contributed by atoms with Crippen molar-refractivity contribution in [2.75, 3.05) is 58.9 Å². The van der Waals surface area contributed by atoms with Crippen molar-refractivity contribution in [2.24, 2.45) is 0 Å². The lowest BCUT2D eigenvalue weighted by atomic mass is 10.2. The van der Waals surface area contributed by atoms with Gasteiger partial charge in [0.2, 0.25) is 0 Å². The molecular formula is C16H28N2O2. The van der Waals surface area contributed by atoms with Crippen molar-refractivity contribution in [3.05, 3.63) is 29.8 Å². The standard InChI is InChI=1S/C16H28N2O2/c1-15-5-7-16(8-6-15)17-9-11-18(12-14-20-3)10-4-13-19-2/h5-8,17H,4,9-14H2,1-3H3. The van der Waals surface area contributed by atoms with Gasteiger partial charge in [0.05, 0.1) is 6.61 Å². The van der Waals surface area contributed by atoms with Crippen molar-refractivity contribution in [1.82, 2.24) is 4.90 Å². The molecule has 0 fully saturated rings. The van der Waals surface area contributed by atoms with Crippen LogP contribution in [0.5, 0.6) is 0 Å². The Morgan fingerprint density at radius 2 is 1.65 bits per heavy atom. The third kappa shape index (κ3) is 7.48. The maximum atomic E-state index is 5.16. The number of anilines is 1. The van der Waals surface area contributed by atoms with Crippen LogP contribution in [0.3, 0.4) is 0 Å². The molecule has 20 heavy (non-hydrogen) atoms. The van der Waals surface area contributed by atoms with Crippen LogP contribution in [0.2, 0.25) is 0 Å². The Kier molecular flexibility index (Phi) is 9.04. The van der Waals surface area contributed by atoms with E-state index in [1.807, 2.05) is 0 Å². The van der Waals surface area contributed by atoms with E-state index in [0.29, 0.717) is 0 Å². The predicted octanol–water partition coefficient (Wildman–Crippen LogP) is 2.39. The van der Waals surface area contributed by atoms with Gasteiger partial charge in [0.25, 0.3) is 0 Å². The number of benzene rings is 1. The third-order valence-electron chi connectivity index (χ3n) is 3.24. The van der Waals surface area contributed by atoms with Gasteiger partial charge in [-0.05, 0) is 25.5 Å². The summed E-state index contributed by atoms with van der Waals surface area (Å²) in [7, 11) is 3.50. The topological polar surface area (TPSA) is 33.7 Å². The van der Waals surface area contributed by atoms with Crippen molar-refractivity contribution in [2.45, 2.75) is 13.3 Å². The van der Waals surface area contributed by atoms with E-state index in [4.69, 9.17) is 9.47 Å². The minimum atomic E-state index is 0.775. The minimum absolute atomic E-state index is 0.775. The van der Waals surface area contributed by atoms with Crippen LogP contribution in [0.1, 0.15) is 12.0 Å². The molecule has 0 amide bonds. The lowest BCUT2D eigenvalue weighted by molar-refractivity contribution is 0.135. The quantitative estimate of drug-likeness (QED) is 0.631. The van der Waals surface area contributed by atoms with Crippen LogP contribution < -0.4 is 5.32 Å². The van der Waals surface area contributed by atoms with Gasteiger partial charge in [0.1, 0.15) is 0 Å². The van der Waals surface area contributed by atoms with Crippen LogP contribution in [0.15, 0.2) is 24.3 Å². The van der Waals surface area contributed by atoms with Crippen LogP contribution in [-0.4, -0.2) is 58.5 Å². The predicted molar refractivity (Wildman–Crippen MR) is 84.5 cm³/mol. The van der Waals surface area contributed by atoms with E-state index in [9.17, 15) is 0 Å². The van der Waals surface area contributed by atoms with E-state index in [1.54, 1.807) is 14.2 Å². The molecule has 0 spiro atoms. The summed E-state index contributed by atoms with van der Waals surface area (Å²) >= 11 is 0. The molecule has 0 aromatic heterocycles. The average Bonchev–Trinajstić information content (AvgIpc) is 2.46. The Bertz CT molecular complexity index is 341. The number of nitrogens with one attached hydrogen (secondary N) is 1. The van der Waals surface area contributed by atoms with Gasteiger partial charge >= 0.3 is 0 Å². The molecule has 1 aromatic carbocycles. The first kappa shape index (κ1) is 17.0. The second-order valence-electron chi connectivity index (χ2n) is 4.97. The first-order valence-electron chi connectivity index (χ1n) is 7.27. The molecule has 0 unspecified atom stereocenters. The minimum Gasteiger partial charge on any atom is -0.385 e. The maximum Gasteiger partial charge on any atom is 0.0589 e. The Balaban J connectivity index is 2.27. The normalized spacial score (nSPS) is 11.0. The van der Waals surface area contributed by atoms with E-state index >= 15 is 0 Å². The van der Waals surface area contributed by atoms with Gasteiger partial charge < -0.3 is 14.8 Å². The average molecular weight is 280 g/mol. The molecule has 0 heterocycles. The Morgan fingerprint density at radius 1 is 0.950 bits per heavy atom. The molecule has 114 valence electrons. The van der Waals surface area contributed by atoms with Gasteiger partial charge in [0.15, 0.2) is 0 Å². The SMILES string of the molecule is COCCCN(CCNc1ccc(C)cc1)CCOC. The van der Waals surface area contributed by atoms with E-state index in [-0.39, 0.29) is 0 Å². The number of rotatable bonds is 11. The van der Waals surface area contributed by atoms with Crippen LogP contribution in [0, 0.1) is 6.92 Å². The van der Waals surface area contributed by atoms with Gasteiger partial charge in [-0.3, -0.25) is 4.90 Å². The summed E-state index contributed by atoms with van der Waals surface area (Å²) in [6.07, 6.45) is 1.06. The molecule has 1 N–H and O–H groups in total. The van der Waals surface area contributed by atoms with Crippen molar-refractivity contribution in [3.8, 4) is 0 Å². The largest absolute Gasteiger partial charge is 0.385 e. The number of hydrogen-bond donors (Lipinski definition) is 1. The fraction of sp³-hybridized carbons (Fsp3) is 0.625. The number of nitrogens with zero attached hydrogens (tertiary/aromatic N) is 1. The second-order valence-corrected chi connectivity index (χ2v) is 4.97. The summed E-state index contributed by atoms with van der Waals surface area (Å²) in [6.45, 7) is 7.67. The van der Waals surface area contributed by atoms with Crippen LogP contribution in [0.25, 0.3) is 0 Å². The molecule has 0 radical (unpaired) electrons. The smallest absolute Gasteiger partial charge is 0.0589 e. The summed E-state index contributed by atoms with van der Waals surface area (Å²) in [6, 6.07) is 8.51. The zero-order chi connectivity index (χ0) is 14.6. The van der Waals surface area contributed by atoms with Crippen LogP contribution >= 0.6 is 0 Å². The lowest BCUT2D eigenvalue weighted by Crippen LogP contribution is -2.33. The molecule has 0 aliphatic rings. The van der Waals surface area contributed by atoms with Gasteiger partial charge in [-0.1, -0.05) is 17.7 Å². The van der Waals surface area contributed by atoms with E-state index in [0.717, 1.165) is 45.8 Å². The van der Waals surface area contributed by atoms with Gasteiger partial charge in [-0.15, -0.1) is 0 Å². The second kappa shape index (κ2) is 10.7. The molecule has 1 rings (SSSR count). The summed E-state index contributed by atoms with van der Waals surface area (Å²) in [5.41, 5.74) is 2.47. The molecule has 0 saturated heterocycles. The van der Waals surface area contributed by atoms with E-state index in [1.165, 1.54) is 11.3 Å². The summed E-state index contributed by atoms with van der Waals surface area (Å²) < 4.78 is 10.3. The summed E-state index contributed by atoms with van der Waals surface area (Å²) in [4.78, 5) is 2.41. The summed E-state index contributed by atoms with van der Waals surface area (Å²) in [5, 5.41) is 3.46. The molecule has 4 heteroatoms. The first-order chi connectivity index (χ1) is 9.76. The molecule has 0 aliphatic heterocycles. The molecule has 0 aliphatic carbocycles. The number of aryl methyl sites for hydroxylation is 1. The van der Waals surface area contributed by atoms with Gasteiger partial charge in [-0.25, -0.2) is 0 Å². The molecule has 0 atom stereocenters. The highest BCUT2D eigenvalue weighted by molar-refractivity contribution is 5.44. The number of methoxy groups -OCH3 is 2. The molecular weight excluding hydrogens is 252 g/mol. The number of ether oxygens (including phenoxy) is 2. The van der Waals surface area contributed by atoms with Gasteiger partial charge in [-0.2, -0.15) is 0 Å². The van der Waals surface area contributed by atoms with Crippen molar-refractivity contribution in [1.29, 1.82) is 0 Å². The van der Waals surface area contributed by atoms with E-state index < -0.39 is 0 Å². The molecule has 1 aromatic rings. The monoisotopic (exact) mass is 280 g/mol. The maximum absolute atomic E-state index is 5.16. The van der Waals surface area contributed by atoms with E-state index in [2.05, 4.69) is 41.4 Å². The Morgan fingerprint density at radius 3 is 2.30 bits per heavy atom. The van der Waals surface area contributed by atoms with Gasteiger partial charge in [0, 0.05) is 52.7 Å². The molecule has 4 nitrogen and oxygen atoms in total. The highest BCUT2D eigenvalue weighted by atomic mass is 16.5. The van der Waals surface area contributed by atoms with Crippen molar-refractivity contribution in [3.63, 3.8) is 0 Å². The highest BCUT2D eigenvalue weighted by Gasteiger charge is 2.04. The zero-order valence-electron chi connectivity index (χ0n) is 13.0. The van der Waals surface area contributed by atoms with Crippen LogP contribution in [0.4, 0.5) is 5.69 Å². The summed E-state index contributed by atoms with van der Waals surface area (Å²) in [5.74, 6) is 0. The van der Waals surface area contributed by atoms with Crippen molar-refractivity contribution < 1.29 is 9.47 Å². The fourth-order valence-corrected chi connectivity index (χ4v) is 2.02. The lowest BCUT2D eigenvalue weighted by Gasteiger charge is -2.22. The Labute approximate surface area is 123 Å². The van der Waals surface area contributed by atoms with Crippen molar-refractivity contribution >= 4 is 5.69 Å². The first-order valence-corrected chi connectivity index (χ1v) is 7.27. The fourth-order valence-electron chi connectivity index (χ4n) is 2.02. The third-order valence-corrected chi connectivity index (χ3v) is 3.24.